The van der Waals surface area contributed by atoms with Crippen LogP contribution in [0.4, 0.5) is 32.0 Å². The van der Waals surface area contributed by atoms with Crippen molar-refractivity contribution in [3.63, 3.8) is 0 Å². The zero-order valence-corrected chi connectivity index (χ0v) is 17.9. The Morgan fingerprint density at radius 1 is 0.941 bits per heavy atom. The largest absolute Gasteiger partial charge is 0.430 e. The van der Waals surface area contributed by atoms with Gasteiger partial charge in [-0.05, 0) is 43.2 Å². The summed E-state index contributed by atoms with van der Waals surface area (Å²) < 4.78 is 109. The summed E-state index contributed by atoms with van der Waals surface area (Å²) in [6.07, 6.45) is -11.1. The summed E-state index contributed by atoms with van der Waals surface area (Å²) >= 11 is 0. The van der Waals surface area contributed by atoms with E-state index in [9.17, 15) is 39.9 Å². The highest BCUT2D eigenvalue weighted by Gasteiger charge is 2.73. The molecule has 1 aliphatic carbocycles. The van der Waals surface area contributed by atoms with Crippen LogP contribution >= 0.6 is 0 Å². The molecule has 2 aromatic carbocycles. The summed E-state index contributed by atoms with van der Waals surface area (Å²) in [6, 6.07) is 12.7. The molecule has 0 unspecified atom stereocenters. The van der Waals surface area contributed by atoms with Gasteiger partial charge in [0, 0.05) is 11.5 Å². The molecular formula is C21H17F6N3O3S. The van der Waals surface area contributed by atoms with Crippen molar-refractivity contribution < 1.29 is 39.9 Å². The SMILES string of the molecule is O=S(=O)(Nc1cccc(-n2ncc(C(O)(C(F)(F)F)C(F)(F)F)c2C2CC2)c1)c1ccccc1. The van der Waals surface area contributed by atoms with Gasteiger partial charge in [-0.3, -0.25) is 4.72 Å². The topological polar surface area (TPSA) is 84.2 Å². The normalized spacial score (nSPS) is 15.4. The third kappa shape index (κ3) is 4.13. The van der Waals surface area contributed by atoms with Crippen LogP contribution in [0.15, 0.2) is 65.7 Å². The van der Waals surface area contributed by atoms with Crippen molar-refractivity contribution in [2.24, 2.45) is 0 Å². The molecule has 0 aliphatic heterocycles. The van der Waals surface area contributed by atoms with Crippen molar-refractivity contribution >= 4 is 15.7 Å². The first-order valence-corrected chi connectivity index (χ1v) is 11.4. The van der Waals surface area contributed by atoms with Gasteiger partial charge in [-0.25, -0.2) is 13.1 Å². The number of halogens is 6. The van der Waals surface area contributed by atoms with E-state index < -0.39 is 45.2 Å². The molecule has 13 heteroatoms. The fraction of sp³-hybridized carbons (Fsp3) is 0.286. The number of hydrogen-bond donors (Lipinski definition) is 2. The number of rotatable bonds is 6. The smallest absolute Gasteiger partial charge is 0.369 e. The molecule has 182 valence electrons. The average molecular weight is 505 g/mol. The third-order valence-corrected chi connectivity index (χ3v) is 6.77. The first kappa shape index (κ1) is 24.1. The van der Waals surface area contributed by atoms with Crippen LogP contribution in [0.5, 0.6) is 0 Å². The zero-order valence-electron chi connectivity index (χ0n) is 17.1. The predicted octanol–water partition coefficient (Wildman–Crippen LogP) is 4.86. The van der Waals surface area contributed by atoms with E-state index in [1.807, 2.05) is 0 Å². The van der Waals surface area contributed by atoms with Gasteiger partial charge in [0.2, 0.25) is 0 Å². The molecule has 0 amide bonds. The first-order valence-electron chi connectivity index (χ1n) is 9.88. The summed E-state index contributed by atoms with van der Waals surface area (Å²) in [7, 11) is -4.00. The van der Waals surface area contributed by atoms with Crippen molar-refractivity contribution in [1.29, 1.82) is 0 Å². The molecule has 0 spiro atoms. The number of nitrogens with zero attached hydrogens (tertiary/aromatic N) is 2. The van der Waals surface area contributed by atoms with E-state index in [1.165, 1.54) is 48.5 Å². The zero-order chi connectivity index (χ0) is 24.9. The van der Waals surface area contributed by atoms with Crippen LogP contribution in [0.1, 0.15) is 30.0 Å². The van der Waals surface area contributed by atoms with Gasteiger partial charge in [-0.2, -0.15) is 31.4 Å². The number of sulfonamides is 1. The van der Waals surface area contributed by atoms with Gasteiger partial charge in [-0.1, -0.05) is 24.3 Å². The summed E-state index contributed by atoms with van der Waals surface area (Å²) in [5, 5.41) is 13.6. The molecule has 1 aromatic heterocycles. The van der Waals surface area contributed by atoms with Crippen LogP contribution in [0.3, 0.4) is 0 Å². The Hall–Kier alpha value is -3.06. The number of aromatic nitrogens is 2. The highest BCUT2D eigenvalue weighted by atomic mass is 32.2. The molecule has 0 radical (unpaired) electrons. The minimum absolute atomic E-state index is 0.0158. The standard InChI is InChI=1S/C21H17F6N3O3S/c22-20(23,24)19(31,21(25,26)27)17-12-28-30(18(17)13-9-10-13)15-6-4-5-14(11-15)29-34(32,33)16-7-2-1-3-8-16/h1-8,11-13,29,31H,9-10H2. The predicted molar refractivity (Wildman–Crippen MR) is 109 cm³/mol. The Kier molecular flexibility index (Phi) is 5.67. The minimum atomic E-state index is -6.05. The van der Waals surface area contributed by atoms with Crippen molar-refractivity contribution in [1.82, 2.24) is 9.78 Å². The van der Waals surface area contributed by atoms with E-state index in [1.54, 1.807) is 6.07 Å². The molecule has 1 aliphatic rings. The average Bonchev–Trinajstić information content (AvgIpc) is 3.49. The lowest BCUT2D eigenvalue weighted by molar-refractivity contribution is -0.376. The molecule has 34 heavy (non-hydrogen) atoms. The maximum absolute atomic E-state index is 13.5. The molecular weight excluding hydrogens is 488 g/mol. The molecule has 0 atom stereocenters. The van der Waals surface area contributed by atoms with Crippen molar-refractivity contribution in [3.8, 4) is 5.69 Å². The second kappa shape index (κ2) is 8.01. The fourth-order valence-corrected chi connectivity index (χ4v) is 4.64. The minimum Gasteiger partial charge on any atom is -0.369 e. The number of aliphatic hydroxyl groups is 1. The van der Waals surface area contributed by atoms with Crippen molar-refractivity contribution in [3.05, 3.63) is 72.1 Å². The van der Waals surface area contributed by atoms with Gasteiger partial charge >= 0.3 is 12.4 Å². The number of anilines is 1. The molecule has 6 nitrogen and oxygen atoms in total. The Bertz CT molecular complexity index is 1290. The van der Waals surface area contributed by atoms with Crippen molar-refractivity contribution in [2.75, 3.05) is 4.72 Å². The van der Waals surface area contributed by atoms with Crippen LogP contribution in [-0.2, 0) is 15.6 Å². The Labute approximate surface area is 189 Å². The maximum Gasteiger partial charge on any atom is 0.430 e. The summed E-state index contributed by atoms with van der Waals surface area (Å²) in [4.78, 5) is -0.0409. The van der Waals surface area contributed by atoms with E-state index in [0.29, 0.717) is 19.0 Å². The molecule has 1 fully saturated rings. The second-order valence-corrected chi connectivity index (χ2v) is 9.49. The van der Waals surface area contributed by atoms with Crippen LogP contribution in [0.2, 0.25) is 0 Å². The molecule has 4 rings (SSSR count). The van der Waals surface area contributed by atoms with Gasteiger partial charge in [-0.15, -0.1) is 0 Å². The van der Waals surface area contributed by atoms with Crippen LogP contribution in [0, 0.1) is 0 Å². The number of nitrogens with one attached hydrogen (secondary N) is 1. The van der Waals surface area contributed by atoms with E-state index in [4.69, 9.17) is 0 Å². The fourth-order valence-electron chi connectivity index (χ4n) is 3.57. The summed E-state index contributed by atoms with van der Waals surface area (Å²) in [5.74, 6) is -0.682. The lowest BCUT2D eigenvalue weighted by Gasteiger charge is -2.32. The highest BCUT2D eigenvalue weighted by molar-refractivity contribution is 7.92. The maximum atomic E-state index is 13.5. The molecule has 0 saturated heterocycles. The van der Waals surface area contributed by atoms with Crippen LogP contribution < -0.4 is 4.72 Å². The summed E-state index contributed by atoms with van der Waals surface area (Å²) in [6.45, 7) is 0. The van der Waals surface area contributed by atoms with Gasteiger partial charge < -0.3 is 5.11 Å². The Balaban J connectivity index is 1.78. The second-order valence-electron chi connectivity index (χ2n) is 7.80. The van der Waals surface area contributed by atoms with E-state index in [2.05, 4.69) is 9.82 Å². The van der Waals surface area contributed by atoms with Crippen molar-refractivity contribution in [2.45, 2.75) is 41.6 Å². The Morgan fingerprint density at radius 2 is 1.56 bits per heavy atom. The third-order valence-electron chi connectivity index (χ3n) is 5.38. The van der Waals surface area contributed by atoms with E-state index in [-0.39, 0.29) is 16.3 Å². The molecule has 3 aromatic rings. The quantitative estimate of drug-likeness (QED) is 0.469. The van der Waals surface area contributed by atoms with Gasteiger partial charge in [0.15, 0.2) is 0 Å². The monoisotopic (exact) mass is 505 g/mol. The lowest BCUT2D eigenvalue weighted by atomic mass is 9.91. The lowest BCUT2D eigenvalue weighted by Crippen LogP contribution is -2.54. The van der Waals surface area contributed by atoms with Gasteiger partial charge in [0.25, 0.3) is 15.6 Å². The molecule has 0 bridgehead atoms. The van der Waals surface area contributed by atoms with E-state index in [0.717, 1.165) is 4.68 Å². The first-order chi connectivity index (χ1) is 15.8. The van der Waals surface area contributed by atoms with Crippen LogP contribution in [-0.4, -0.2) is 35.7 Å². The Morgan fingerprint density at radius 3 is 2.12 bits per heavy atom. The number of benzene rings is 2. The van der Waals surface area contributed by atoms with Crippen LogP contribution in [0.25, 0.3) is 5.69 Å². The highest BCUT2D eigenvalue weighted by Crippen LogP contribution is 2.54. The number of hydrogen-bond acceptors (Lipinski definition) is 4. The molecule has 2 N–H and O–H groups in total. The summed E-state index contributed by atoms with van der Waals surface area (Å²) in [5.41, 5.74) is -6.90. The number of alkyl halides is 6. The van der Waals surface area contributed by atoms with E-state index >= 15 is 0 Å². The van der Waals surface area contributed by atoms with Gasteiger partial charge in [0.1, 0.15) is 0 Å². The molecule has 1 heterocycles. The molecule has 1 saturated carbocycles. The van der Waals surface area contributed by atoms with Gasteiger partial charge in [0.05, 0.1) is 28.2 Å².